The lowest BCUT2D eigenvalue weighted by atomic mass is 9.95. The van der Waals surface area contributed by atoms with Crippen LogP contribution >= 0.6 is 35.0 Å². The zero-order chi connectivity index (χ0) is 22.3. The predicted octanol–water partition coefficient (Wildman–Crippen LogP) is 6.00. The molecule has 2 aromatic carbocycles. The molecule has 166 valence electrons. The van der Waals surface area contributed by atoms with Crippen LogP contribution in [0.25, 0.3) is 11.4 Å². The van der Waals surface area contributed by atoms with E-state index in [9.17, 15) is 4.79 Å². The van der Waals surface area contributed by atoms with Crippen LogP contribution in [-0.2, 0) is 4.79 Å². The van der Waals surface area contributed by atoms with Crippen LogP contribution in [0.15, 0.2) is 58.8 Å². The summed E-state index contributed by atoms with van der Waals surface area (Å²) < 4.78 is 2.19. The van der Waals surface area contributed by atoms with Gasteiger partial charge in [0.25, 0.3) is 5.91 Å². The molecule has 1 aliphatic carbocycles. The molecule has 0 saturated heterocycles. The number of aromatic nitrogens is 3. The fourth-order valence-corrected chi connectivity index (χ4v) is 4.89. The lowest BCUT2D eigenvalue weighted by Gasteiger charge is -2.25. The highest BCUT2D eigenvalue weighted by Crippen LogP contribution is 2.35. The van der Waals surface area contributed by atoms with Gasteiger partial charge in [0.15, 0.2) is 11.0 Å². The van der Waals surface area contributed by atoms with Crippen LogP contribution in [0.5, 0.6) is 0 Å². The van der Waals surface area contributed by atoms with E-state index in [0.29, 0.717) is 16.1 Å². The Hall–Kier alpha value is -2.35. The van der Waals surface area contributed by atoms with E-state index in [1.165, 1.54) is 31.0 Å². The number of hydrogen-bond donors (Lipinski definition) is 1. The van der Waals surface area contributed by atoms with E-state index in [1.807, 2.05) is 36.4 Å². The highest BCUT2D eigenvalue weighted by Gasteiger charge is 2.24. The molecular weight excluding hydrogens is 465 g/mol. The average Bonchev–Trinajstić information content (AvgIpc) is 3.23. The third-order valence-electron chi connectivity index (χ3n) is 5.29. The molecule has 3 aromatic rings. The maximum absolute atomic E-state index is 12.3. The molecule has 6 nitrogen and oxygen atoms in total. The van der Waals surface area contributed by atoms with Gasteiger partial charge in [-0.25, -0.2) is 5.43 Å². The number of rotatable bonds is 7. The van der Waals surface area contributed by atoms with Crippen LogP contribution < -0.4 is 5.43 Å². The summed E-state index contributed by atoms with van der Waals surface area (Å²) in [5.74, 6) is 0.799. The molecular formula is C23H23Cl2N5OS. The van der Waals surface area contributed by atoms with Crippen LogP contribution in [-0.4, -0.2) is 32.6 Å². The summed E-state index contributed by atoms with van der Waals surface area (Å²) in [7, 11) is 0. The van der Waals surface area contributed by atoms with E-state index < -0.39 is 0 Å². The SMILES string of the molecule is O=C(CSc1nnc(-c2ccc(Cl)cc2)n1C1CCCCC1)N/N=C/c1cccc(Cl)c1. The lowest BCUT2D eigenvalue weighted by Crippen LogP contribution is -2.20. The highest BCUT2D eigenvalue weighted by atomic mass is 35.5. The molecule has 1 amide bonds. The smallest absolute Gasteiger partial charge is 0.250 e. The van der Waals surface area contributed by atoms with Crippen molar-refractivity contribution in [1.29, 1.82) is 0 Å². The van der Waals surface area contributed by atoms with Crippen molar-refractivity contribution in [3.8, 4) is 11.4 Å². The molecule has 9 heteroatoms. The van der Waals surface area contributed by atoms with Crippen LogP contribution in [0.2, 0.25) is 10.0 Å². The molecule has 0 radical (unpaired) electrons. The second-order valence-corrected chi connectivity index (χ2v) is 9.43. The van der Waals surface area contributed by atoms with Gasteiger partial charge in [-0.2, -0.15) is 5.10 Å². The Morgan fingerprint density at radius 2 is 1.88 bits per heavy atom. The Morgan fingerprint density at radius 1 is 1.09 bits per heavy atom. The summed E-state index contributed by atoms with van der Waals surface area (Å²) in [6.45, 7) is 0. The molecule has 0 bridgehead atoms. The Balaban J connectivity index is 1.45. The van der Waals surface area contributed by atoms with E-state index in [2.05, 4.69) is 25.3 Å². The third-order valence-corrected chi connectivity index (χ3v) is 6.72. The number of thioether (sulfide) groups is 1. The monoisotopic (exact) mass is 487 g/mol. The van der Waals surface area contributed by atoms with Crippen molar-refractivity contribution in [2.75, 3.05) is 5.75 Å². The largest absolute Gasteiger partial charge is 0.299 e. The minimum absolute atomic E-state index is 0.193. The number of halogens is 2. The molecule has 1 aromatic heterocycles. The van der Waals surface area contributed by atoms with Gasteiger partial charge in [0.1, 0.15) is 0 Å². The Labute approximate surface area is 201 Å². The van der Waals surface area contributed by atoms with Gasteiger partial charge in [0.2, 0.25) is 0 Å². The zero-order valence-corrected chi connectivity index (χ0v) is 19.7. The second kappa shape index (κ2) is 11.0. The van der Waals surface area contributed by atoms with Gasteiger partial charge >= 0.3 is 0 Å². The third kappa shape index (κ3) is 5.91. The minimum Gasteiger partial charge on any atom is -0.299 e. The number of carbonyl (C=O) groups excluding carboxylic acids is 1. The summed E-state index contributed by atoms with van der Waals surface area (Å²) in [5, 5.41) is 14.9. The van der Waals surface area contributed by atoms with E-state index in [-0.39, 0.29) is 11.7 Å². The summed E-state index contributed by atoms with van der Waals surface area (Å²) in [4.78, 5) is 12.3. The van der Waals surface area contributed by atoms with Crippen molar-refractivity contribution >= 4 is 47.1 Å². The topological polar surface area (TPSA) is 72.2 Å². The Morgan fingerprint density at radius 3 is 2.62 bits per heavy atom. The van der Waals surface area contributed by atoms with Crippen molar-refractivity contribution in [3.63, 3.8) is 0 Å². The molecule has 1 fully saturated rings. The van der Waals surface area contributed by atoms with Crippen LogP contribution in [0, 0.1) is 0 Å². The molecule has 32 heavy (non-hydrogen) atoms. The molecule has 1 saturated carbocycles. The Bertz CT molecular complexity index is 1090. The number of hydrogen-bond acceptors (Lipinski definition) is 5. The summed E-state index contributed by atoms with van der Waals surface area (Å²) >= 11 is 13.4. The number of benzene rings is 2. The first-order valence-electron chi connectivity index (χ1n) is 10.5. The molecule has 4 rings (SSSR count). The van der Waals surface area contributed by atoms with Crippen molar-refractivity contribution in [2.24, 2.45) is 5.10 Å². The number of nitrogens with one attached hydrogen (secondary N) is 1. The van der Waals surface area contributed by atoms with Crippen molar-refractivity contribution in [2.45, 2.75) is 43.3 Å². The average molecular weight is 488 g/mol. The first kappa shape index (κ1) is 22.8. The van der Waals surface area contributed by atoms with Gasteiger partial charge in [-0.05, 0) is 54.8 Å². The lowest BCUT2D eigenvalue weighted by molar-refractivity contribution is -0.118. The number of carbonyl (C=O) groups is 1. The normalized spacial score (nSPS) is 14.7. The van der Waals surface area contributed by atoms with Crippen LogP contribution in [0.3, 0.4) is 0 Å². The van der Waals surface area contributed by atoms with Crippen molar-refractivity contribution in [3.05, 3.63) is 64.1 Å². The standard InChI is InChI=1S/C23H23Cl2N5OS/c24-18-11-9-17(10-12-18)22-28-29-23(30(22)20-7-2-1-3-8-20)32-15-21(31)27-26-14-16-5-4-6-19(25)13-16/h4-6,9-14,20H,1-3,7-8,15H2,(H,27,31)/b26-14+. The quantitative estimate of drug-likeness (QED) is 0.252. The summed E-state index contributed by atoms with van der Waals surface area (Å²) in [6, 6.07) is 15.2. The van der Waals surface area contributed by atoms with E-state index in [4.69, 9.17) is 23.2 Å². The molecule has 1 heterocycles. The van der Waals surface area contributed by atoms with E-state index in [1.54, 1.807) is 18.3 Å². The highest BCUT2D eigenvalue weighted by molar-refractivity contribution is 7.99. The van der Waals surface area contributed by atoms with Crippen LogP contribution in [0.1, 0.15) is 43.7 Å². The molecule has 1 aliphatic rings. The van der Waals surface area contributed by atoms with Gasteiger partial charge in [-0.3, -0.25) is 9.36 Å². The second-order valence-electron chi connectivity index (χ2n) is 7.61. The van der Waals surface area contributed by atoms with E-state index in [0.717, 1.165) is 34.9 Å². The number of nitrogens with zero attached hydrogens (tertiary/aromatic N) is 4. The van der Waals surface area contributed by atoms with Gasteiger partial charge < -0.3 is 0 Å². The maximum atomic E-state index is 12.3. The van der Waals surface area contributed by atoms with Crippen molar-refractivity contribution < 1.29 is 4.79 Å². The van der Waals surface area contributed by atoms with Crippen molar-refractivity contribution in [1.82, 2.24) is 20.2 Å². The molecule has 0 aliphatic heterocycles. The van der Waals surface area contributed by atoms with Gasteiger partial charge in [0, 0.05) is 21.7 Å². The number of amides is 1. The molecule has 0 atom stereocenters. The summed E-state index contributed by atoms with van der Waals surface area (Å²) in [6.07, 6.45) is 7.37. The number of hydrazone groups is 1. The van der Waals surface area contributed by atoms with Gasteiger partial charge in [0.05, 0.1) is 12.0 Å². The minimum atomic E-state index is -0.209. The van der Waals surface area contributed by atoms with Gasteiger partial charge in [-0.15, -0.1) is 10.2 Å². The van der Waals surface area contributed by atoms with Gasteiger partial charge in [-0.1, -0.05) is 66.4 Å². The zero-order valence-electron chi connectivity index (χ0n) is 17.4. The fourth-order valence-electron chi connectivity index (χ4n) is 3.77. The molecule has 0 spiro atoms. The molecule has 0 unspecified atom stereocenters. The predicted molar refractivity (Wildman–Crippen MR) is 131 cm³/mol. The maximum Gasteiger partial charge on any atom is 0.250 e. The molecule has 1 N–H and O–H groups in total. The first-order chi connectivity index (χ1) is 15.6. The van der Waals surface area contributed by atoms with E-state index >= 15 is 0 Å². The summed E-state index contributed by atoms with van der Waals surface area (Å²) in [5.41, 5.74) is 4.34. The Kier molecular flexibility index (Phi) is 7.84. The fraction of sp³-hybridized carbons (Fsp3) is 0.304. The van der Waals surface area contributed by atoms with Crippen LogP contribution in [0.4, 0.5) is 0 Å². The first-order valence-corrected chi connectivity index (χ1v) is 12.3.